The van der Waals surface area contributed by atoms with E-state index in [1.54, 1.807) is 30.8 Å². The minimum atomic E-state index is 0.0132. The molecule has 0 aromatic carbocycles. The Balaban J connectivity index is 2.64. The number of rotatable bonds is 7. The van der Waals surface area contributed by atoms with Crippen LogP contribution in [-0.4, -0.2) is 86.0 Å². The van der Waals surface area contributed by atoms with Gasteiger partial charge in [0.05, 0.1) is 0 Å². The zero-order chi connectivity index (χ0) is 17.4. The van der Waals surface area contributed by atoms with Crippen molar-refractivity contribution in [3.63, 3.8) is 0 Å². The Morgan fingerprint density at radius 3 is 2.61 bits per heavy atom. The molecule has 2 atom stereocenters. The molecule has 1 aliphatic heterocycles. The van der Waals surface area contributed by atoms with Crippen molar-refractivity contribution in [1.29, 1.82) is 0 Å². The number of nitrogens with zero attached hydrogens (tertiary/aromatic N) is 3. The first-order valence-corrected chi connectivity index (χ1v) is 9.72. The molecular weight excluding hydrogens is 310 g/mol. The molecule has 1 saturated heterocycles. The second-order valence-electron chi connectivity index (χ2n) is 6.65. The van der Waals surface area contributed by atoms with Crippen LogP contribution < -0.4 is 10.6 Å². The maximum atomic E-state index is 11.8. The number of guanidine groups is 1. The van der Waals surface area contributed by atoms with Gasteiger partial charge in [-0.3, -0.25) is 9.69 Å². The van der Waals surface area contributed by atoms with Gasteiger partial charge in [-0.15, -0.1) is 0 Å². The average Bonchev–Trinajstić information content (AvgIpc) is 2.85. The number of carbonyl (C=O) groups excluding carboxylic acids is 1. The third kappa shape index (κ3) is 6.99. The van der Waals surface area contributed by atoms with Crippen molar-refractivity contribution in [3.05, 3.63) is 0 Å². The Morgan fingerprint density at radius 1 is 1.39 bits per heavy atom. The summed E-state index contributed by atoms with van der Waals surface area (Å²) in [6.45, 7) is 9.88. The molecule has 134 valence electrons. The quantitative estimate of drug-likeness (QED) is 0.405. The Morgan fingerprint density at radius 2 is 2.09 bits per heavy atom. The van der Waals surface area contributed by atoms with E-state index in [4.69, 9.17) is 0 Å². The first-order valence-electron chi connectivity index (χ1n) is 8.33. The number of nitrogens with one attached hydrogen (secondary N) is 2. The Hall–Kier alpha value is -0.950. The van der Waals surface area contributed by atoms with Gasteiger partial charge in [-0.05, 0) is 26.0 Å². The molecular formula is C16H33N5OS. The topological polar surface area (TPSA) is 60.0 Å². The summed E-state index contributed by atoms with van der Waals surface area (Å²) < 4.78 is 0. The molecule has 0 aliphatic carbocycles. The SMILES string of the molecule is CSCCNC(=NCC(=O)N(C)C)NC1CN(C(C)C)CC1C. The van der Waals surface area contributed by atoms with Crippen molar-refractivity contribution in [2.24, 2.45) is 10.9 Å². The standard InChI is InChI=1S/C16H33N5OS/c1-12(2)21-10-13(3)14(11-21)19-16(17-7-8-23-6)18-9-15(22)20(4)5/h12-14H,7-11H2,1-6H3,(H2,17,18,19). The van der Waals surface area contributed by atoms with Gasteiger partial charge in [0.2, 0.25) is 5.91 Å². The summed E-state index contributed by atoms with van der Waals surface area (Å²) in [4.78, 5) is 20.3. The second-order valence-corrected chi connectivity index (χ2v) is 7.63. The van der Waals surface area contributed by atoms with Gasteiger partial charge in [0.25, 0.3) is 0 Å². The molecule has 1 fully saturated rings. The second kappa shape index (κ2) is 10.0. The van der Waals surface area contributed by atoms with Gasteiger partial charge in [0, 0.05) is 51.6 Å². The van der Waals surface area contributed by atoms with Gasteiger partial charge in [-0.2, -0.15) is 11.8 Å². The predicted octanol–water partition coefficient (Wildman–Crippen LogP) is 0.702. The number of likely N-dealkylation sites (N-methyl/N-ethyl adjacent to an activating group) is 1. The fraction of sp³-hybridized carbons (Fsp3) is 0.875. The van der Waals surface area contributed by atoms with E-state index in [0.29, 0.717) is 18.0 Å². The summed E-state index contributed by atoms with van der Waals surface area (Å²) in [6, 6.07) is 0.928. The summed E-state index contributed by atoms with van der Waals surface area (Å²) in [6.07, 6.45) is 2.08. The Bertz CT molecular complexity index is 400. The number of aliphatic imine (C=N–C) groups is 1. The zero-order valence-corrected chi connectivity index (χ0v) is 16.2. The molecule has 7 heteroatoms. The summed E-state index contributed by atoms with van der Waals surface area (Å²) in [5, 5.41) is 6.86. The lowest BCUT2D eigenvalue weighted by molar-refractivity contribution is -0.127. The lowest BCUT2D eigenvalue weighted by Gasteiger charge is -2.22. The van der Waals surface area contributed by atoms with Crippen LogP contribution in [0.2, 0.25) is 0 Å². The van der Waals surface area contributed by atoms with Gasteiger partial charge >= 0.3 is 0 Å². The number of hydrogen-bond donors (Lipinski definition) is 2. The molecule has 0 aromatic rings. The van der Waals surface area contributed by atoms with E-state index in [0.717, 1.165) is 31.3 Å². The minimum absolute atomic E-state index is 0.0132. The van der Waals surface area contributed by atoms with E-state index in [9.17, 15) is 4.79 Å². The zero-order valence-electron chi connectivity index (χ0n) is 15.4. The van der Waals surface area contributed by atoms with Crippen molar-refractivity contribution in [3.8, 4) is 0 Å². The van der Waals surface area contributed by atoms with Crippen molar-refractivity contribution in [2.75, 3.05) is 52.3 Å². The number of likely N-dealkylation sites (tertiary alicyclic amines) is 1. The van der Waals surface area contributed by atoms with Gasteiger partial charge in [-0.1, -0.05) is 6.92 Å². The van der Waals surface area contributed by atoms with Crippen LogP contribution in [-0.2, 0) is 4.79 Å². The van der Waals surface area contributed by atoms with Crippen LogP contribution in [0.4, 0.5) is 0 Å². The lowest BCUT2D eigenvalue weighted by atomic mass is 10.1. The highest BCUT2D eigenvalue weighted by Crippen LogP contribution is 2.18. The maximum absolute atomic E-state index is 11.8. The van der Waals surface area contributed by atoms with Crippen LogP contribution in [0.1, 0.15) is 20.8 Å². The van der Waals surface area contributed by atoms with Gasteiger partial charge in [-0.25, -0.2) is 4.99 Å². The number of carbonyl (C=O) groups is 1. The van der Waals surface area contributed by atoms with E-state index in [2.05, 4.69) is 47.6 Å². The molecule has 0 radical (unpaired) electrons. The molecule has 2 N–H and O–H groups in total. The van der Waals surface area contributed by atoms with E-state index in [1.807, 2.05) is 0 Å². The predicted molar refractivity (Wildman–Crippen MR) is 100 cm³/mol. The monoisotopic (exact) mass is 343 g/mol. The van der Waals surface area contributed by atoms with Crippen molar-refractivity contribution >= 4 is 23.6 Å². The molecule has 2 unspecified atom stereocenters. The van der Waals surface area contributed by atoms with Crippen molar-refractivity contribution in [1.82, 2.24) is 20.4 Å². The van der Waals surface area contributed by atoms with Crippen LogP contribution >= 0.6 is 11.8 Å². The first-order chi connectivity index (χ1) is 10.8. The molecule has 0 aromatic heterocycles. The normalized spacial score (nSPS) is 22.5. The molecule has 1 heterocycles. The van der Waals surface area contributed by atoms with Crippen molar-refractivity contribution < 1.29 is 4.79 Å². The highest BCUT2D eigenvalue weighted by Gasteiger charge is 2.31. The highest BCUT2D eigenvalue weighted by atomic mass is 32.2. The molecule has 1 aliphatic rings. The summed E-state index contributed by atoms with van der Waals surface area (Å²) in [5.74, 6) is 2.34. The van der Waals surface area contributed by atoms with Crippen LogP contribution in [0.5, 0.6) is 0 Å². The Labute approximate surface area is 145 Å². The third-order valence-corrected chi connectivity index (χ3v) is 4.78. The van der Waals surface area contributed by atoms with Crippen LogP contribution in [0.3, 0.4) is 0 Å². The third-order valence-electron chi connectivity index (χ3n) is 4.16. The van der Waals surface area contributed by atoms with Crippen LogP contribution in [0, 0.1) is 5.92 Å². The molecule has 1 rings (SSSR count). The average molecular weight is 344 g/mol. The summed E-state index contributed by atoms with van der Waals surface area (Å²) in [7, 11) is 3.51. The highest BCUT2D eigenvalue weighted by molar-refractivity contribution is 7.98. The molecule has 6 nitrogen and oxygen atoms in total. The molecule has 0 spiro atoms. The summed E-state index contributed by atoms with van der Waals surface area (Å²) in [5.41, 5.74) is 0. The van der Waals surface area contributed by atoms with Crippen LogP contribution in [0.25, 0.3) is 0 Å². The fourth-order valence-corrected chi connectivity index (χ4v) is 2.81. The molecule has 0 saturated carbocycles. The first kappa shape index (κ1) is 20.1. The number of thioether (sulfide) groups is 1. The number of hydrogen-bond acceptors (Lipinski definition) is 4. The van der Waals surface area contributed by atoms with E-state index in [-0.39, 0.29) is 12.5 Å². The minimum Gasteiger partial charge on any atom is -0.356 e. The maximum Gasteiger partial charge on any atom is 0.243 e. The summed E-state index contributed by atoms with van der Waals surface area (Å²) >= 11 is 1.79. The van der Waals surface area contributed by atoms with Gasteiger partial charge in [0.15, 0.2) is 5.96 Å². The van der Waals surface area contributed by atoms with Crippen molar-refractivity contribution in [2.45, 2.75) is 32.9 Å². The molecule has 23 heavy (non-hydrogen) atoms. The van der Waals surface area contributed by atoms with Crippen LogP contribution in [0.15, 0.2) is 4.99 Å². The fourth-order valence-electron chi connectivity index (χ4n) is 2.50. The lowest BCUT2D eigenvalue weighted by Crippen LogP contribution is -2.47. The van der Waals surface area contributed by atoms with E-state index in [1.165, 1.54) is 0 Å². The van der Waals surface area contributed by atoms with E-state index >= 15 is 0 Å². The largest absolute Gasteiger partial charge is 0.356 e. The molecule has 1 amide bonds. The Kier molecular flexibility index (Phi) is 8.76. The van der Waals surface area contributed by atoms with Gasteiger partial charge < -0.3 is 15.5 Å². The van der Waals surface area contributed by atoms with Gasteiger partial charge in [0.1, 0.15) is 6.54 Å². The number of amides is 1. The molecule has 0 bridgehead atoms. The smallest absolute Gasteiger partial charge is 0.243 e. The van der Waals surface area contributed by atoms with E-state index < -0.39 is 0 Å².